The maximum Gasteiger partial charge on any atom is 0.120 e. The molecule has 0 spiro atoms. The minimum Gasteiger partial charge on any atom is -0.508 e. The Morgan fingerprint density at radius 2 is 1.31 bits per heavy atom. The summed E-state index contributed by atoms with van der Waals surface area (Å²) in [5, 5.41) is 14.1. The molecule has 0 radical (unpaired) electrons. The van der Waals surface area contributed by atoms with Gasteiger partial charge in [0.1, 0.15) is 11.5 Å². The van der Waals surface area contributed by atoms with Gasteiger partial charge in [-0.1, -0.05) is 59.9 Å². The first-order valence-electron chi connectivity index (χ1n) is 8.87. The molecule has 0 saturated carbocycles. The Kier molecular flexibility index (Phi) is 11.0. The van der Waals surface area contributed by atoms with Crippen molar-refractivity contribution in [2.75, 3.05) is 22.6 Å². The van der Waals surface area contributed by atoms with E-state index >= 15 is 0 Å². The van der Waals surface area contributed by atoms with Crippen LogP contribution in [0.4, 0.5) is 0 Å². The Morgan fingerprint density at radius 3 is 1.90 bits per heavy atom. The van der Waals surface area contributed by atoms with Gasteiger partial charge in [-0.2, -0.15) is 0 Å². The molecule has 0 atom stereocenters. The normalized spacial score (nSPS) is 9.90. The van der Waals surface area contributed by atoms with Crippen LogP contribution in [0.5, 0.6) is 11.5 Å². The fourth-order valence-electron chi connectivity index (χ4n) is 2.36. The first kappa shape index (κ1) is 23.6. The Hall–Kier alpha value is -1.70. The third kappa shape index (κ3) is 8.28. The molecule has 152 valence electrons. The standard InChI is InChI=1S/C11H10BrNO.C9H7NO.C2H4Br2/c12-5-7-14-10-3-4-11-9(8-10)2-1-6-13-11;11-8-3-4-9-7(6-8)2-1-5-10-9;3-1-2-4/h1-4,6,8H,5,7H2;1-6,11H;1-2H2. The molecule has 0 bridgehead atoms. The highest BCUT2D eigenvalue weighted by Gasteiger charge is 1.96. The molecule has 1 N–H and O–H groups in total. The second-order valence-corrected chi connectivity index (χ2v) is 8.03. The highest BCUT2D eigenvalue weighted by atomic mass is 79.9. The van der Waals surface area contributed by atoms with Gasteiger partial charge in [-0.15, -0.1) is 0 Å². The number of ether oxygens (including phenoxy) is 1. The lowest BCUT2D eigenvalue weighted by Crippen LogP contribution is -1.97. The highest BCUT2D eigenvalue weighted by molar-refractivity contribution is 9.12. The maximum absolute atomic E-state index is 9.10. The summed E-state index contributed by atoms with van der Waals surface area (Å²) in [4.78, 5) is 8.35. The van der Waals surface area contributed by atoms with Crippen molar-refractivity contribution in [1.82, 2.24) is 9.97 Å². The summed E-state index contributed by atoms with van der Waals surface area (Å²) in [5.74, 6) is 1.18. The predicted molar refractivity (Wildman–Crippen MR) is 132 cm³/mol. The zero-order valence-corrected chi connectivity index (χ0v) is 20.4. The number of fused-ring (bicyclic) bond motifs is 2. The van der Waals surface area contributed by atoms with E-state index in [2.05, 4.69) is 57.8 Å². The molecule has 0 amide bonds. The molecule has 2 aromatic heterocycles. The molecule has 2 heterocycles. The number of pyridine rings is 2. The van der Waals surface area contributed by atoms with Crippen LogP contribution < -0.4 is 4.74 Å². The minimum absolute atomic E-state index is 0.283. The van der Waals surface area contributed by atoms with Crippen molar-refractivity contribution >= 4 is 69.6 Å². The van der Waals surface area contributed by atoms with Crippen LogP contribution in [-0.4, -0.2) is 37.7 Å². The topological polar surface area (TPSA) is 55.2 Å². The van der Waals surface area contributed by atoms with Gasteiger partial charge in [0.05, 0.1) is 17.6 Å². The molecule has 29 heavy (non-hydrogen) atoms. The largest absolute Gasteiger partial charge is 0.508 e. The summed E-state index contributed by atoms with van der Waals surface area (Å²) in [6.45, 7) is 0.686. The fraction of sp³-hybridized carbons (Fsp3) is 0.182. The summed E-state index contributed by atoms with van der Waals surface area (Å²) in [6, 6.07) is 18.8. The summed E-state index contributed by atoms with van der Waals surface area (Å²) in [7, 11) is 0. The first-order chi connectivity index (χ1) is 14.2. The number of alkyl halides is 3. The quantitative estimate of drug-likeness (QED) is 0.270. The van der Waals surface area contributed by atoms with Crippen LogP contribution in [0, 0.1) is 0 Å². The molecule has 4 nitrogen and oxygen atoms in total. The fourth-order valence-corrected chi connectivity index (χ4v) is 2.52. The third-order valence-corrected chi connectivity index (χ3v) is 5.76. The number of hydrogen-bond acceptors (Lipinski definition) is 4. The van der Waals surface area contributed by atoms with Crippen molar-refractivity contribution < 1.29 is 9.84 Å². The molecule has 0 saturated heterocycles. The van der Waals surface area contributed by atoms with Crippen molar-refractivity contribution in [2.24, 2.45) is 0 Å². The molecule has 0 unspecified atom stereocenters. The predicted octanol–water partition coefficient (Wildman–Crippen LogP) is 6.73. The number of aromatic nitrogens is 2. The maximum atomic E-state index is 9.10. The average molecular weight is 585 g/mol. The van der Waals surface area contributed by atoms with Crippen LogP contribution in [0.2, 0.25) is 0 Å². The number of benzene rings is 2. The Balaban J connectivity index is 0.000000179. The van der Waals surface area contributed by atoms with E-state index in [4.69, 9.17) is 9.84 Å². The van der Waals surface area contributed by atoms with E-state index in [1.54, 1.807) is 30.6 Å². The van der Waals surface area contributed by atoms with Gasteiger partial charge in [-0.3, -0.25) is 9.97 Å². The second kappa shape index (κ2) is 13.5. The number of nitrogens with zero attached hydrogens (tertiary/aromatic N) is 2. The lowest BCUT2D eigenvalue weighted by Gasteiger charge is -2.04. The molecular weight excluding hydrogens is 564 g/mol. The average Bonchev–Trinajstić information content (AvgIpc) is 2.78. The highest BCUT2D eigenvalue weighted by Crippen LogP contribution is 2.19. The van der Waals surface area contributed by atoms with Gasteiger partial charge < -0.3 is 9.84 Å². The van der Waals surface area contributed by atoms with E-state index in [1.807, 2.05) is 42.5 Å². The van der Waals surface area contributed by atoms with Crippen LogP contribution >= 0.6 is 47.8 Å². The lowest BCUT2D eigenvalue weighted by molar-refractivity contribution is 0.345. The van der Waals surface area contributed by atoms with E-state index in [9.17, 15) is 0 Å². The Morgan fingerprint density at radius 1 is 0.724 bits per heavy atom. The molecule has 0 aliphatic rings. The first-order valence-corrected chi connectivity index (χ1v) is 12.2. The van der Waals surface area contributed by atoms with E-state index in [1.165, 1.54) is 0 Å². The molecule has 7 heteroatoms. The van der Waals surface area contributed by atoms with E-state index < -0.39 is 0 Å². The van der Waals surface area contributed by atoms with Gasteiger partial charge in [0.2, 0.25) is 0 Å². The van der Waals surface area contributed by atoms with E-state index in [0.717, 1.165) is 43.5 Å². The summed E-state index contributed by atoms with van der Waals surface area (Å²) in [5.41, 5.74) is 1.91. The monoisotopic (exact) mass is 582 g/mol. The zero-order chi connectivity index (χ0) is 20.9. The number of phenols is 1. The van der Waals surface area contributed by atoms with E-state index in [0.29, 0.717) is 6.61 Å². The van der Waals surface area contributed by atoms with Crippen LogP contribution in [0.25, 0.3) is 21.8 Å². The SMILES string of the molecule is BrCCBr.BrCCOc1ccc2ncccc2c1.Oc1ccc2ncccc2c1. The molecule has 0 fully saturated rings. The van der Waals surface area contributed by atoms with Crippen LogP contribution in [0.15, 0.2) is 73.1 Å². The summed E-state index contributed by atoms with van der Waals surface area (Å²) >= 11 is 9.72. The smallest absolute Gasteiger partial charge is 0.120 e. The number of rotatable bonds is 4. The Bertz CT molecular complexity index is 1010. The van der Waals surface area contributed by atoms with Gasteiger partial charge >= 0.3 is 0 Å². The van der Waals surface area contributed by atoms with Crippen LogP contribution in [0.3, 0.4) is 0 Å². The molecular formula is C22H21Br3N2O2. The minimum atomic E-state index is 0.283. The molecule has 0 aliphatic carbocycles. The van der Waals surface area contributed by atoms with Crippen molar-refractivity contribution in [2.45, 2.75) is 0 Å². The summed E-state index contributed by atoms with van der Waals surface area (Å²) < 4.78 is 5.49. The van der Waals surface area contributed by atoms with Crippen molar-refractivity contribution in [3.63, 3.8) is 0 Å². The Labute approximate surface area is 195 Å². The summed E-state index contributed by atoms with van der Waals surface area (Å²) in [6.07, 6.45) is 3.53. The number of aromatic hydroxyl groups is 1. The zero-order valence-electron chi connectivity index (χ0n) is 15.6. The van der Waals surface area contributed by atoms with Gasteiger partial charge in [-0.25, -0.2) is 0 Å². The van der Waals surface area contributed by atoms with Gasteiger partial charge in [-0.05, 0) is 48.5 Å². The van der Waals surface area contributed by atoms with Gasteiger partial charge in [0.15, 0.2) is 0 Å². The number of phenolic OH excluding ortho intramolecular Hbond substituents is 1. The van der Waals surface area contributed by atoms with Crippen molar-refractivity contribution in [3.8, 4) is 11.5 Å². The third-order valence-electron chi connectivity index (χ3n) is 3.58. The van der Waals surface area contributed by atoms with E-state index in [-0.39, 0.29) is 5.75 Å². The van der Waals surface area contributed by atoms with Crippen molar-refractivity contribution in [3.05, 3.63) is 73.1 Å². The van der Waals surface area contributed by atoms with Crippen molar-refractivity contribution in [1.29, 1.82) is 0 Å². The van der Waals surface area contributed by atoms with Crippen LogP contribution in [0.1, 0.15) is 0 Å². The van der Waals surface area contributed by atoms with Gasteiger partial charge in [0.25, 0.3) is 0 Å². The lowest BCUT2D eigenvalue weighted by atomic mass is 10.2. The molecule has 4 aromatic rings. The molecule has 0 aliphatic heterocycles. The number of halogens is 3. The van der Waals surface area contributed by atoms with Gasteiger partial charge in [0, 0.05) is 39.2 Å². The molecule has 2 aromatic carbocycles. The molecule has 4 rings (SSSR count). The van der Waals surface area contributed by atoms with Crippen LogP contribution in [-0.2, 0) is 0 Å². The second-order valence-electron chi connectivity index (χ2n) is 5.65. The number of hydrogen-bond donors (Lipinski definition) is 1.